The fourth-order valence-electron chi connectivity index (χ4n) is 0.386. The fourth-order valence-corrected chi connectivity index (χ4v) is 1.16. The third kappa shape index (κ3) is 6.54. The van der Waals surface area contributed by atoms with E-state index < -0.39 is 7.37 Å². The summed E-state index contributed by atoms with van der Waals surface area (Å²) in [6.07, 6.45) is 0.246. The molecule has 0 spiro atoms. The standard InChI is InChI=1S/C7H17O3P/c1-5-11(8,9)6-10-7(2,3)4/h5-6H2,1-4H3,(H,8,9). The predicted molar refractivity (Wildman–Crippen MR) is 46.1 cm³/mol. The molecule has 68 valence electrons. The van der Waals surface area contributed by atoms with Gasteiger partial charge in [0.25, 0.3) is 0 Å². The molecule has 1 N–H and O–H groups in total. The minimum absolute atomic E-state index is 0.0347. The van der Waals surface area contributed by atoms with Crippen molar-refractivity contribution in [2.24, 2.45) is 0 Å². The summed E-state index contributed by atoms with van der Waals surface area (Å²) in [4.78, 5) is 9.12. The lowest BCUT2D eigenvalue weighted by atomic mass is 10.2. The largest absolute Gasteiger partial charge is 0.366 e. The first-order valence-electron chi connectivity index (χ1n) is 3.71. The summed E-state index contributed by atoms with van der Waals surface area (Å²) in [7, 11) is -2.99. The molecule has 0 saturated carbocycles. The number of ether oxygens (including phenoxy) is 1. The Morgan fingerprint density at radius 3 is 2.18 bits per heavy atom. The Balaban J connectivity index is 3.80. The molecule has 0 amide bonds. The summed E-state index contributed by atoms with van der Waals surface area (Å²) in [6.45, 7) is 7.28. The second-order valence-electron chi connectivity index (χ2n) is 3.55. The molecule has 4 heteroatoms. The molecule has 0 fully saturated rings. The molecule has 0 heterocycles. The van der Waals surface area contributed by atoms with Gasteiger partial charge in [-0.05, 0) is 20.8 Å². The van der Waals surface area contributed by atoms with Crippen LogP contribution in [-0.2, 0) is 9.30 Å². The van der Waals surface area contributed by atoms with Gasteiger partial charge in [-0.3, -0.25) is 4.57 Å². The van der Waals surface area contributed by atoms with Crippen molar-refractivity contribution >= 4 is 7.37 Å². The van der Waals surface area contributed by atoms with E-state index in [-0.39, 0.29) is 18.1 Å². The quantitative estimate of drug-likeness (QED) is 0.676. The van der Waals surface area contributed by atoms with Gasteiger partial charge in [0.2, 0.25) is 7.37 Å². The molecular weight excluding hydrogens is 163 g/mol. The predicted octanol–water partition coefficient (Wildman–Crippen LogP) is 2.05. The highest BCUT2D eigenvalue weighted by atomic mass is 31.2. The molecule has 0 aromatic heterocycles. The van der Waals surface area contributed by atoms with Crippen LogP contribution in [0.2, 0.25) is 0 Å². The van der Waals surface area contributed by atoms with Crippen LogP contribution in [0.5, 0.6) is 0 Å². The molecule has 1 atom stereocenters. The Morgan fingerprint density at radius 1 is 1.45 bits per heavy atom. The van der Waals surface area contributed by atoms with Crippen LogP contribution in [0.1, 0.15) is 27.7 Å². The number of rotatable bonds is 3. The smallest absolute Gasteiger partial charge is 0.225 e. The van der Waals surface area contributed by atoms with E-state index in [2.05, 4.69) is 0 Å². The minimum Gasteiger partial charge on any atom is -0.366 e. The lowest BCUT2D eigenvalue weighted by molar-refractivity contribution is 0.0216. The Hall–Kier alpha value is 0.150. The zero-order chi connectivity index (χ0) is 9.12. The third-order valence-electron chi connectivity index (χ3n) is 1.19. The Labute approximate surface area is 68.2 Å². The minimum atomic E-state index is -2.99. The summed E-state index contributed by atoms with van der Waals surface area (Å²) in [6, 6.07) is 0. The van der Waals surface area contributed by atoms with Gasteiger partial charge in [0.05, 0.1) is 5.60 Å². The van der Waals surface area contributed by atoms with Crippen LogP contribution < -0.4 is 0 Å². The molecule has 0 radical (unpaired) electrons. The van der Waals surface area contributed by atoms with Crippen molar-refractivity contribution in [3.63, 3.8) is 0 Å². The maximum absolute atomic E-state index is 11.1. The molecular formula is C7H17O3P. The first-order valence-corrected chi connectivity index (χ1v) is 5.74. The van der Waals surface area contributed by atoms with Crippen molar-refractivity contribution < 1.29 is 14.2 Å². The van der Waals surface area contributed by atoms with E-state index in [1.54, 1.807) is 6.92 Å². The highest BCUT2D eigenvalue weighted by Crippen LogP contribution is 2.40. The number of hydrogen-bond acceptors (Lipinski definition) is 2. The molecule has 0 aromatic carbocycles. The molecule has 0 aliphatic carbocycles. The SMILES string of the molecule is CCP(=O)(O)COC(C)(C)C. The molecule has 11 heavy (non-hydrogen) atoms. The summed E-state index contributed by atoms with van der Waals surface area (Å²) in [5.41, 5.74) is -0.326. The first-order chi connectivity index (χ1) is 4.77. The van der Waals surface area contributed by atoms with Crippen LogP contribution in [-0.4, -0.2) is 23.0 Å². The van der Waals surface area contributed by atoms with Crippen LogP contribution in [0.4, 0.5) is 0 Å². The van der Waals surface area contributed by atoms with Gasteiger partial charge in [0.15, 0.2) is 0 Å². The molecule has 0 rings (SSSR count). The van der Waals surface area contributed by atoms with Gasteiger partial charge in [-0.1, -0.05) is 6.92 Å². The Morgan fingerprint density at radius 2 is 1.91 bits per heavy atom. The Bertz CT molecular complexity index is 160. The first kappa shape index (κ1) is 11.2. The van der Waals surface area contributed by atoms with E-state index in [1.165, 1.54) is 0 Å². The van der Waals surface area contributed by atoms with E-state index in [9.17, 15) is 4.57 Å². The van der Waals surface area contributed by atoms with Crippen LogP contribution in [0, 0.1) is 0 Å². The molecule has 0 saturated heterocycles. The second kappa shape index (κ2) is 3.70. The van der Waals surface area contributed by atoms with Crippen molar-refractivity contribution in [3.05, 3.63) is 0 Å². The van der Waals surface area contributed by atoms with Gasteiger partial charge < -0.3 is 9.63 Å². The van der Waals surface area contributed by atoms with E-state index >= 15 is 0 Å². The van der Waals surface area contributed by atoms with Crippen molar-refractivity contribution in [1.29, 1.82) is 0 Å². The van der Waals surface area contributed by atoms with E-state index in [4.69, 9.17) is 9.63 Å². The molecule has 0 aliphatic heterocycles. The maximum atomic E-state index is 11.1. The van der Waals surface area contributed by atoms with Crippen LogP contribution in [0.15, 0.2) is 0 Å². The normalized spacial score (nSPS) is 17.9. The maximum Gasteiger partial charge on any atom is 0.225 e. The van der Waals surface area contributed by atoms with Crippen molar-refractivity contribution in [2.75, 3.05) is 12.5 Å². The van der Waals surface area contributed by atoms with Gasteiger partial charge in [-0.25, -0.2) is 0 Å². The average Bonchev–Trinajstić information content (AvgIpc) is 1.83. The summed E-state index contributed by atoms with van der Waals surface area (Å²) >= 11 is 0. The van der Waals surface area contributed by atoms with Gasteiger partial charge in [-0.15, -0.1) is 0 Å². The average molecular weight is 180 g/mol. The molecule has 0 aliphatic rings. The summed E-state index contributed by atoms with van der Waals surface area (Å²) in [5.74, 6) is 0. The fraction of sp³-hybridized carbons (Fsp3) is 1.00. The van der Waals surface area contributed by atoms with Gasteiger partial charge in [-0.2, -0.15) is 0 Å². The van der Waals surface area contributed by atoms with Crippen molar-refractivity contribution in [2.45, 2.75) is 33.3 Å². The Kier molecular flexibility index (Phi) is 3.75. The second-order valence-corrected chi connectivity index (χ2v) is 6.13. The number of hydrogen-bond donors (Lipinski definition) is 1. The molecule has 0 aromatic rings. The van der Waals surface area contributed by atoms with Gasteiger partial charge in [0, 0.05) is 6.16 Å². The van der Waals surface area contributed by atoms with Gasteiger partial charge >= 0.3 is 0 Å². The molecule has 0 bridgehead atoms. The van der Waals surface area contributed by atoms with Crippen LogP contribution in [0.25, 0.3) is 0 Å². The highest BCUT2D eigenvalue weighted by molar-refractivity contribution is 7.57. The highest BCUT2D eigenvalue weighted by Gasteiger charge is 2.19. The van der Waals surface area contributed by atoms with Gasteiger partial charge in [0.1, 0.15) is 6.35 Å². The van der Waals surface area contributed by atoms with Crippen molar-refractivity contribution in [1.82, 2.24) is 0 Å². The monoisotopic (exact) mass is 180 g/mol. The van der Waals surface area contributed by atoms with E-state index in [1.807, 2.05) is 20.8 Å². The van der Waals surface area contributed by atoms with Crippen LogP contribution >= 0.6 is 7.37 Å². The van der Waals surface area contributed by atoms with Crippen LogP contribution in [0.3, 0.4) is 0 Å². The molecule has 3 nitrogen and oxygen atoms in total. The zero-order valence-electron chi connectivity index (χ0n) is 7.63. The zero-order valence-corrected chi connectivity index (χ0v) is 8.52. The summed E-state index contributed by atoms with van der Waals surface area (Å²) < 4.78 is 16.2. The third-order valence-corrected chi connectivity index (χ3v) is 2.71. The lowest BCUT2D eigenvalue weighted by Crippen LogP contribution is -2.20. The molecule has 1 unspecified atom stereocenters. The van der Waals surface area contributed by atoms with Crippen molar-refractivity contribution in [3.8, 4) is 0 Å². The topological polar surface area (TPSA) is 46.5 Å². The van der Waals surface area contributed by atoms with E-state index in [0.29, 0.717) is 0 Å². The lowest BCUT2D eigenvalue weighted by Gasteiger charge is -2.21. The van der Waals surface area contributed by atoms with E-state index in [0.717, 1.165) is 0 Å². The summed E-state index contributed by atoms with van der Waals surface area (Å²) in [5, 5.41) is 0.